The monoisotopic (exact) mass is 275 g/mol. The van der Waals surface area contributed by atoms with Crippen molar-refractivity contribution in [2.45, 2.75) is 39.2 Å². The van der Waals surface area contributed by atoms with Crippen LogP contribution in [0.4, 0.5) is 0 Å². The van der Waals surface area contributed by atoms with Gasteiger partial charge in [-0.05, 0) is 32.4 Å². The Bertz CT molecular complexity index is 578. The van der Waals surface area contributed by atoms with Crippen molar-refractivity contribution in [2.24, 2.45) is 0 Å². The fraction of sp³-hybridized carbons (Fsp3) is 0.429. The van der Waals surface area contributed by atoms with E-state index >= 15 is 0 Å². The normalized spacial score (nSPS) is 13.1. The van der Waals surface area contributed by atoms with Crippen LogP contribution in [0.5, 0.6) is 0 Å². The number of carboxylic acid groups (broad SMARTS) is 1. The van der Waals surface area contributed by atoms with E-state index < -0.39 is 17.4 Å². The molecule has 0 bridgehead atoms. The molecular weight excluding hydrogens is 258 g/mol. The van der Waals surface area contributed by atoms with E-state index in [1.54, 1.807) is 6.92 Å². The highest BCUT2D eigenvalue weighted by atomic mass is 16.4. The summed E-state index contributed by atoms with van der Waals surface area (Å²) >= 11 is 0. The van der Waals surface area contributed by atoms with Gasteiger partial charge in [0.25, 0.3) is 5.91 Å². The SMILES string of the molecule is CCCC(C)(NC(=O)c1ccc(C#N)c(C)n1)C(=O)O. The quantitative estimate of drug-likeness (QED) is 0.850. The summed E-state index contributed by atoms with van der Waals surface area (Å²) in [5, 5.41) is 20.5. The van der Waals surface area contributed by atoms with Crippen molar-refractivity contribution in [1.29, 1.82) is 5.26 Å². The number of nitrogens with zero attached hydrogens (tertiary/aromatic N) is 2. The number of pyridine rings is 1. The number of nitriles is 1. The number of amides is 1. The average Bonchev–Trinajstić information content (AvgIpc) is 2.38. The minimum atomic E-state index is -1.32. The second-order valence-corrected chi connectivity index (χ2v) is 4.78. The lowest BCUT2D eigenvalue weighted by Gasteiger charge is -2.25. The van der Waals surface area contributed by atoms with Gasteiger partial charge >= 0.3 is 5.97 Å². The number of carbonyl (C=O) groups is 2. The number of hydrogen-bond donors (Lipinski definition) is 2. The Labute approximate surface area is 117 Å². The van der Waals surface area contributed by atoms with Gasteiger partial charge < -0.3 is 10.4 Å². The molecule has 0 aliphatic carbocycles. The van der Waals surface area contributed by atoms with Crippen molar-refractivity contribution in [3.05, 3.63) is 29.1 Å². The summed E-state index contributed by atoms with van der Waals surface area (Å²) in [6.07, 6.45) is 0.951. The Hall–Kier alpha value is -2.42. The van der Waals surface area contributed by atoms with E-state index in [0.29, 0.717) is 24.1 Å². The third-order valence-electron chi connectivity index (χ3n) is 3.05. The molecule has 0 radical (unpaired) electrons. The summed E-state index contributed by atoms with van der Waals surface area (Å²) in [7, 11) is 0. The first-order valence-corrected chi connectivity index (χ1v) is 6.27. The Morgan fingerprint density at radius 3 is 2.60 bits per heavy atom. The van der Waals surface area contributed by atoms with Gasteiger partial charge in [0.05, 0.1) is 11.3 Å². The number of aromatic nitrogens is 1. The maximum Gasteiger partial charge on any atom is 0.329 e. The van der Waals surface area contributed by atoms with Crippen molar-refractivity contribution < 1.29 is 14.7 Å². The van der Waals surface area contributed by atoms with Crippen molar-refractivity contribution in [3.8, 4) is 6.07 Å². The maximum absolute atomic E-state index is 12.1. The van der Waals surface area contributed by atoms with Crippen LogP contribution in [0.1, 0.15) is 48.4 Å². The minimum Gasteiger partial charge on any atom is -0.480 e. The second-order valence-electron chi connectivity index (χ2n) is 4.78. The van der Waals surface area contributed by atoms with E-state index in [4.69, 9.17) is 5.26 Å². The number of hydrogen-bond acceptors (Lipinski definition) is 4. The molecule has 6 heteroatoms. The highest BCUT2D eigenvalue weighted by Crippen LogP contribution is 2.14. The number of aliphatic carboxylic acids is 1. The van der Waals surface area contributed by atoms with Crippen LogP contribution in [0, 0.1) is 18.3 Å². The minimum absolute atomic E-state index is 0.102. The molecule has 0 saturated carbocycles. The van der Waals surface area contributed by atoms with Gasteiger partial charge in [0.2, 0.25) is 0 Å². The van der Waals surface area contributed by atoms with Crippen molar-refractivity contribution in [3.63, 3.8) is 0 Å². The van der Waals surface area contributed by atoms with Crippen LogP contribution < -0.4 is 5.32 Å². The number of carboxylic acids is 1. The highest BCUT2D eigenvalue weighted by molar-refractivity contribution is 5.96. The van der Waals surface area contributed by atoms with E-state index in [2.05, 4.69) is 10.3 Å². The molecule has 1 heterocycles. The van der Waals surface area contributed by atoms with Crippen molar-refractivity contribution in [1.82, 2.24) is 10.3 Å². The van der Waals surface area contributed by atoms with Gasteiger partial charge in [-0.15, -0.1) is 0 Å². The van der Waals surface area contributed by atoms with Gasteiger partial charge in [0, 0.05) is 0 Å². The van der Waals surface area contributed by atoms with Crippen LogP contribution in [0.25, 0.3) is 0 Å². The number of carbonyl (C=O) groups excluding carboxylic acids is 1. The van der Waals surface area contributed by atoms with E-state index in [9.17, 15) is 14.7 Å². The van der Waals surface area contributed by atoms with Gasteiger partial charge in [-0.2, -0.15) is 5.26 Å². The fourth-order valence-electron chi connectivity index (χ4n) is 1.84. The first-order valence-electron chi connectivity index (χ1n) is 6.27. The molecule has 1 unspecified atom stereocenters. The van der Waals surface area contributed by atoms with Gasteiger partial charge in [-0.25, -0.2) is 9.78 Å². The zero-order valence-corrected chi connectivity index (χ0v) is 11.7. The van der Waals surface area contributed by atoms with Crippen LogP contribution in [-0.2, 0) is 4.79 Å². The molecule has 0 spiro atoms. The van der Waals surface area contributed by atoms with Crippen LogP contribution in [0.15, 0.2) is 12.1 Å². The maximum atomic E-state index is 12.1. The zero-order chi connectivity index (χ0) is 15.3. The first-order chi connectivity index (χ1) is 9.34. The average molecular weight is 275 g/mol. The zero-order valence-electron chi connectivity index (χ0n) is 11.7. The summed E-state index contributed by atoms with van der Waals surface area (Å²) in [5.41, 5.74) is -0.399. The summed E-state index contributed by atoms with van der Waals surface area (Å²) in [5.74, 6) is -1.64. The van der Waals surface area contributed by atoms with E-state index in [1.165, 1.54) is 19.1 Å². The molecule has 20 heavy (non-hydrogen) atoms. The van der Waals surface area contributed by atoms with Crippen molar-refractivity contribution in [2.75, 3.05) is 0 Å². The summed E-state index contributed by atoms with van der Waals surface area (Å²) in [6.45, 7) is 4.93. The molecule has 0 aliphatic rings. The van der Waals surface area contributed by atoms with Gasteiger partial charge in [-0.1, -0.05) is 13.3 Å². The smallest absolute Gasteiger partial charge is 0.329 e. The molecule has 1 aromatic rings. The lowest BCUT2D eigenvalue weighted by molar-refractivity contribution is -0.144. The lowest BCUT2D eigenvalue weighted by Crippen LogP contribution is -2.52. The second kappa shape index (κ2) is 6.15. The molecule has 106 valence electrons. The molecule has 1 atom stereocenters. The molecule has 2 N–H and O–H groups in total. The molecule has 0 aliphatic heterocycles. The Kier molecular flexibility index (Phi) is 4.81. The van der Waals surface area contributed by atoms with E-state index in [-0.39, 0.29) is 5.69 Å². The topological polar surface area (TPSA) is 103 Å². The Morgan fingerprint density at radius 2 is 2.15 bits per heavy atom. The number of aryl methyl sites for hydroxylation is 1. The van der Waals surface area contributed by atoms with Gasteiger partial charge in [0.1, 0.15) is 17.3 Å². The standard InChI is InChI=1S/C14H17N3O3/c1-4-7-14(3,13(19)20)17-12(18)11-6-5-10(8-15)9(2)16-11/h5-6H,4,7H2,1-3H3,(H,17,18)(H,19,20). The predicted molar refractivity (Wildman–Crippen MR) is 72.1 cm³/mol. The molecule has 0 saturated heterocycles. The highest BCUT2D eigenvalue weighted by Gasteiger charge is 2.34. The van der Waals surface area contributed by atoms with E-state index in [1.807, 2.05) is 13.0 Å². The fourth-order valence-corrected chi connectivity index (χ4v) is 1.84. The third-order valence-corrected chi connectivity index (χ3v) is 3.05. The van der Waals surface area contributed by atoms with Crippen LogP contribution in [0.3, 0.4) is 0 Å². The third kappa shape index (κ3) is 3.32. The summed E-state index contributed by atoms with van der Waals surface area (Å²) < 4.78 is 0. The van der Waals surface area contributed by atoms with Gasteiger partial charge in [-0.3, -0.25) is 4.79 Å². The molecule has 1 aromatic heterocycles. The van der Waals surface area contributed by atoms with Crippen molar-refractivity contribution >= 4 is 11.9 Å². The Morgan fingerprint density at radius 1 is 1.50 bits per heavy atom. The molecule has 1 rings (SSSR count). The molecule has 0 aromatic carbocycles. The first kappa shape index (κ1) is 15.6. The molecule has 0 fully saturated rings. The van der Waals surface area contributed by atoms with Crippen LogP contribution in [0.2, 0.25) is 0 Å². The van der Waals surface area contributed by atoms with Crippen LogP contribution >= 0.6 is 0 Å². The molecule has 6 nitrogen and oxygen atoms in total. The lowest BCUT2D eigenvalue weighted by atomic mass is 9.96. The number of rotatable bonds is 5. The largest absolute Gasteiger partial charge is 0.480 e. The van der Waals surface area contributed by atoms with Gasteiger partial charge in [0.15, 0.2) is 0 Å². The van der Waals surface area contributed by atoms with Crippen LogP contribution in [-0.4, -0.2) is 27.5 Å². The van der Waals surface area contributed by atoms with E-state index in [0.717, 1.165) is 0 Å². The number of nitrogens with one attached hydrogen (secondary N) is 1. The molecule has 1 amide bonds. The Balaban J connectivity index is 2.99. The summed E-state index contributed by atoms with van der Waals surface area (Å²) in [4.78, 5) is 27.4. The molecular formula is C14H17N3O3. The predicted octanol–water partition coefficient (Wildman–Crippen LogP) is 1.63. The summed E-state index contributed by atoms with van der Waals surface area (Å²) in [6, 6.07) is 4.87.